The Morgan fingerprint density at radius 1 is 1.58 bits per heavy atom. The van der Waals surface area contributed by atoms with Crippen LogP contribution in [0.2, 0.25) is 0 Å². The van der Waals surface area contributed by atoms with E-state index in [2.05, 4.69) is 0 Å². The van der Waals surface area contributed by atoms with Gasteiger partial charge in [-0.05, 0) is 5.41 Å². The molecule has 12 heavy (non-hydrogen) atoms. The molecule has 0 aromatic rings. The summed E-state index contributed by atoms with van der Waals surface area (Å²) in [6, 6.07) is 0. The molecule has 0 aromatic carbocycles. The van der Waals surface area contributed by atoms with E-state index in [9.17, 15) is 4.79 Å². The lowest BCUT2D eigenvalue weighted by atomic mass is 9.87. The van der Waals surface area contributed by atoms with E-state index in [-0.39, 0.29) is 18.1 Å². The first-order valence-corrected chi connectivity index (χ1v) is 3.95. The second-order valence-electron chi connectivity index (χ2n) is 3.80. The van der Waals surface area contributed by atoms with Crippen molar-refractivity contribution in [1.29, 1.82) is 0 Å². The van der Waals surface area contributed by atoms with Crippen LogP contribution in [0.15, 0.2) is 0 Å². The van der Waals surface area contributed by atoms with Gasteiger partial charge >= 0.3 is 6.09 Å². The predicted molar refractivity (Wildman–Crippen MR) is 45.6 cm³/mol. The van der Waals surface area contributed by atoms with Gasteiger partial charge in [-0.25, -0.2) is 4.79 Å². The molecule has 0 radical (unpaired) electrons. The van der Waals surface area contributed by atoms with Crippen LogP contribution in [0, 0.1) is 5.41 Å². The van der Waals surface area contributed by atoms with E-state index in [1.807, 2.05) is 20.8 Å². The highest BCUT2D eigenvalue weighted by Crippen LogP contribution is 2.24. The van der Waals surface area contributed by atoms with Gasteiger partial charge in [-0.2, -0.15) is 0 Å². The zero-order chi connectivity index (χ0) is 9.78. The number of hydrogen-bond acceptors (Lipinski definition) is 3. The van der Waals surface area contributed by atoms with E-state index in [1.165, 1.54) is 0 Å². The summed E-state index contributed by atoms with van der Waals surface area (Å²) >= 11 is 0. The summed E-state index contributed by atoms with van der Waals surface area (Å²) < 4.78 is 4.83. The van der Waals surface area contributed by atoms with Gasteiger partial charge in [0.2, 0.25) is 0 Å². The minimum Gasteiger partial charge on any atom is -0.446 e. The maximum atomic E-state index is 10.4. The van der Waals surface area contributed by atoms with Gasteiger partial charge in [0.15, 0.2) is 0 Å². The fourth-order valence-corrected chi connectivity index (χ4v) is 0.926. The van der Waals surface area contributed by atoms with E-state index in [0.29, 0.717) is 6.42 Å². The molecule has 1 unspecified atom stereocenters. The summed E-state index contributed by atoms with van der Waals surface area (Å²) in [5, 5.41) is 8.68. The highest BCUT2D eigenvalue weighted by Gasteiger charge is 2.26. The second kappa shape index (κ2) is 4.30. The second-order valence-corrected chi connectivity index (χ2v) is 3.80. The van der Waals surface area contributed by atoms with Crippen LogP contribution in [-0.4, -0.2) is 23.9 Å². The Kier molecular flexibility index (Phi) is 4.03. The number of aliphatic hydroxyl groups is 1. The van der Waals surface area contributed by atoms with E-state index in [1.54, 1.807) is 0 Å². The standard InChI is InChI=1S/C8H17NO3/c1-8(2,3)6(4-5-10)12-7(9)11/h6,10H,4-5H2,1-3H3,(H2,9,11). The summed E-state index contributed by atoms with van der Waals surface area (Å²) in [6.07, 6.45) is -0.685. The fraction of sp³-hybridized carbons (Fsp3) is 0.875. The number of ether oxygens (including phenoxy) is 1. The molecule has 0 rings (SSSR count). The molecule has 0 heterocycles. The lowest BCUT2D eigenvalue weighted by molar-refractivity contribution is 0.0207. The number of nitrogens with two attached hydrogens (primary N) is 1. The lowest BCUT2D eigenvalue weighted by Crippen LogP contribution is -2.34. The third-order valence-electron chi connectivity index (χ3n) is 1.62. The number of carbonyl (C=O) groups is 1. The normalized spacial score (nSPS) is 14.0. The summed E-state index contributed by atoms with van der Waals surface area (Å²) in [6.45, 7) is 5.78. The van der Waals surface area contributed by atoms with Crippen molar-refractivity contribution >= 4 is 6.09 Å². The number of primary amides is 1. The molecule has 4 nitrogen and oxygen atoms in total. The van der Waals surface area contributed by atoms with Crippen LogP contribution >= 0.6 is 0 Å². The van der Waals surface area contributed by atoms with Crippen LogP contribution in [0.1, 0.15) is 27.2 Å². The molecule has 3 N–H and O–H groups in total. The van der Waals surface area contributed by atoms with Gasteiger partial charge in [-0.15, -0.1) is 0 Å². The molecule has 0 spiro atoms. The quantitative estimate of drug-likeness (QED) is 0.668. The predicted octanol–water partition coefficient (Wildman–Crippen LogP) is 0.879. The number of amides is 1. The van der Waals surface area contributed by atoms with Crippen LogP contribution in [0.3, 0.4) is 0 Å². The topological polar surface area (TPSA) is 72.6 Å². The Hall–Kier alpha value is -0.770. The van der Waals surface area contributed by atoms with Crippen molar-refractivity contribution in [3.05, 3.63) is 0 Å². The summed E-state index contributed by atoms with van der Waals surface area (Å²) in [7, 11) is 0. The van der Waals surface area contributed by atoms with Crippen molar-refractivity contribution in [2.75, 3.05) is 6.61 Å². The summed E-state index contributed by atoms with van der Waals surface area (Å²) in [5.41, 5.74) is 4.69. The van der Waals surface area contributed by atoms with Crippen LogP contribution < -0.4 is 5.73 Å². The number of hydrogen-bond donors (Lipinski definition) is 2. The van der Waals surface area contributed by atoms with E-state index >= 15 is 0 Å². The molecular formula is C8H17NO3. The Bertz CT molecular complexity index is 151. The number of aliphatic hydroxyl groups excluding tert-OH is 1. The highest BCUT2D eigenvalue weighted by molar-refractivity contribution is 5.64. The zero-order valence-corrected chi connectivity index (χ0v) is 7.83. The van der Waals surface area contributed by atoms with Crippen LogP contribution in [0.5, 0.6) is 0 Å². The average Bonchev–Trinajstić information content (AvgIpc) is 1.83. The summed E-state index contributed by atoms with van der Waals surface area (Å²) in [5.74, 6) is 0. The Balaban J connectivity index is 4.13. The maximum Gasteiger partial charge on any atom is 0.404 e. The third kappa shape index (κ3) is 4.18. The van der Waals surface area contributed by atoms with Crippen molar-refractivity contribution in [1.82, 2.24) is 0 Å². The number of rotatable bonds is 3. The molecule has 1 atom stereocenters. The average molecular weight is 175 g/mol. The zero-order valence-electron chi connectivity index (χ0n) is 7.83. The third-order valence-corrected chi connectivity index (χ3v) is 1.62. The highest BCUT2D eigenvalue weighted by atomic mass is 16.6. The molecule has 0 aliphatic rings. The van der Waals surface area contributed by atoms with Crippen molar-refractivity contribution in [3.8, 4) is 0 Å². The molecule has 0 saturated carbocycles. The molecule has 1 amide bonds. The Morgan fingerprint density at radius 3 is 2.33 bits per heavy atom. The van der Waals surface area contributed by atoms with Gasteiger partial charge in [0.05, 0.1) is 0 Å². The van der Waals surface area contributed by atoms with Crippen molar-refractivity contribution in [2.45, 2.75) is 33.3 Å². The van der Waals surface area contributed by atoms with E-state index in [4.69, 9.17) is 15.6 Å². The molecule has 0 saturated heterocycles. The smallest absolute Gasteiger partial charge is 0.404 e. The Labute approximate surface area is 72.7 Å². The molecule has 0 bridgehead atoms. The summed E-state index contributed by atoms with van der Waals surface area (Å²) in [4.78, 5) is 10.4. The van der Waals surface area contributed by atoms with Crippen molar-refractivity contribution in [3.63, 3.8) is 0 Å². The van der Waals surface area contributed by atoms with E-state index in [0.717, 1.165) is 0 Å². The number of carbonyl (C=O) groups excluding carboxylic acids is 1. The first kappa shape index (κ1) is 11.2. The first-order chi connectivity index (χ1) is 5.38. The maximum absolute atomic E-state index is 10.4. The first-order valence-electron chi connectivity index (χ1n) is 3.95. The molecule has 0 aliphatic heterocycles. The molecule has 0 fully saturated rings. The van der Waals surface area contributed by atoms with Gasteiger partial charge in [0.1, 0.15) is 6.10 Å². The molecular weight excluding hydrogens is 158 g/mol. The van der Waals surface area contributed by atoms with Crippen LogP contribution in [0.4, 0.5) is 4.79 Å². The lowest BCUT2D eigenvalue weighted by Gasteiger charge is -2.28. The van der Waals surface area contributed by atoms with E-state index < -0.39 is 6.09 Å². The van der Waals surface area contributed by atoms with Gasteiger partial charge < -0.3 is 15.6 Å². The molecule has 4 heteroatoms. The molecule has 72 valence electrons. The Morgan fingerprint density at radius 2 is 2.08 bits per heavy atom. The van der Waals surface area contributed by atoms with Gasteiger partial charge in [-0.3, -0.25) is 0 Å². The molecule has 0 aromatic heterocycles. The molecule has 0 aliphatic carbocycles. The van der Waals surface area contributed by atoms with Crippen molar-refractivity contribution in [2.24, 2.45) is 11.1 Å². The van der Waals surface area contributed by atoms with Gasteiger partial charge in [-0.1, -0.05) is 20.8 Å². The van der Waals surface area contributed by atoms with Crippen LogP contribution in [0.25, 0.3) is 0 Å². The van der Waals surface area contributed by atoms with Crippen LogP contribution in [-0.2, 0) is 4.74 Å². The minimum absolute atomic E-state index is 0.00475. The van der Waals surface area contributed by atoms with Gasteiger partial charge in [0.25, 0.3) is 0 Å². The van der Waals surface area contributed by atoms with Crippen molar-refractivity contribution < 1.29 is 14.6 Å². The fourth-order valence-electron chi connectivity index (χ4n) is 0.926. The monoisotopic (exact) mass is 175 g/mol. The largest absolute Gasteiger partial charge is 0.446 e. The van der Waals surface area contributed by atoms with Gasteiger partial charge in [0, 0.05) is 13.0 Å². The minimum atomic E-state index is -0.789. The SMILES string of the molecule is CC(C)(C)C(CCO)OC(N)=O.